The van der Waals surface area contributed by atoms with Gasteiger partial charge in [-0.1, -0.05) is 12.2 Å². The summed E-state index contributed by atoms with van der Waals surface area (Å²) in [5, 5.41) is 7.56. The van der Waals surface area contributed by atoms with Crippen LogP contribution in [0.2, 0.25) is 0 Å². The fraction of sp³-hybridized carbons (Fsp3) is 0.200. The van der Waals surface area contributed by atoms with Gasteiger partial charge in [0.1, 0.15) is 0 Å². The molecular weight excluding hydrogens is 292 g/mol. The summed E-state index contributed by atoms with van der Waals surface area (Å²) in [6.07, 6.45) is 7.19. The van der Waals surface area contributed by atoms with Gasteiger partial charge in [0, 0.05) is 5.56 Å². The van der Waals surface area contributed by atoms with Crippen LogP contribution in [0.4, 0.5) is 0 Å². The number of ether oxygens (including phenoxy) is 3. The Morgan fingerprint density at radius 1 is 0.857 bits per heavy atom. The fourth-order valence-corrected chi connectivity index (χ4v) is 1.84. The highest BCUT2D eigenvalue weighted by Gasteiger charge is 2.13. The zero-order valence-electron chi connectivity index (χ0n) is 12.1. The molecule has 5 nitrogen and oxygen atoms in total. The van der Waals surface area contributed by atoms with Gasteiger partial charge in [0.2, 0.25) is 5.75 Å². The van der Waals surface area contributed by atoms with Gasteiger partial charge in [0.15, 0.2) is 11.5 Å². The summed E-state index contributed by atoms with van der Waals surface area (Å²) in [6.45, 7) is 0. The Kier molecular flexibility index (Phi) is 6.49. The van der Waals surface area contributed by atoms with Crippen molar-refractivity contribution in [1.29, 1.82) is 0 Å². The molecule has 0 amide bonds. The molecule has 0 aliphatic carbocycles. The van der Waals surface area contributed by atoms with Crippen LogP contribution in [0.5, 0.6) is 17.2 Å². The van der Waals surface area contributed by atoms with E-state index in [4.69, 9.17) is 14.2 Å². The highest BCUT2D eigenvalue weighted by molar-refractivity contribution is 5.85. The van der Waals surface area contributed by atoms with E-state index in [9.17, 15) is 0 Å². The third kappa shape index (κ3) is 3.86. The first kappa shape index (κ1) is 16.8. The van der Waals surface area contributed by atoms with Crippen molar-refractivity contribution in [1.82, 2.24) is 10.2 Å². The Balaban J connectivity index is 0.00000220. The van der Waals surface area contributed by atoms with Gasteiger partial charge in [-0.3, -0.25) is 0 Å². The van der Waals surface area contributed by atoms with Crippen LogP contribution in [0.25, 0.3) is 12.2 Å². The Bertz CT molecular complexity index is 603. The number of benzene rings is 1. The minimum absolute atomic E-state index is 0. The first-order valence-electron chi connectivity index (χ1n) is 6.04. The molecule has 0 bridgehead atoms. The van der Waals surface area contributed by atoms with Gasteiger partial charge in [-0.05, 0) is 23.8 Å². The molecule has 21 heavy (non-hydrogen) atoms. The lowest BCUT2D eigenvalue weighted by Gasteiger charge is -2.13. The molecule has 0 saturated carbocycles. The van der Waals surface area contributed by atoms with E-state index in [1.165, 1.54) is 0 Å². The lowest BCUT2D eigenvalue weighted by molar-refractivity contribution is 0.324. The van der Waals surface area contributed by atoms with Crippen LogP contribution in [0, 0.1) is 0 Å². The van der Waals surface area contributed by atoms with E-state index in [2.05, 4.69) is 10.2 Å². The third-order valence-corrected chi connectivity index (χ3v) is 2.80. The van der Waals surface area contributed by atoms with Crippen LogP contribution >= 0.6 is 12.4 Å². The summed E-state index contributed by atoms with van der Waals surface area (Å²) in [6, 6.07) is 5.62. The lowest BCUT2D eigenvalue weighted by atomic mass is 10.1. The maximum Gasteiger partial charge on any atom is 0.203 e. The molecular formula is C15H17ClN2O3. The van der Waals surface area contributed by atoms with E-state index in [0.29, 0.717) is 17.2 Å². The van der Waals surface area contributed by atoms with Crippen molar-refractivity contribution in [3.63, 3.8) is 0 Å². The van der Waals surface area contributed by atoms with Gasteiger partial charge in [-0.15, -0.1) is 12.4 Å². The summed E-state index contributed by atoms with van der Waals surface area (Å²) in [5.74, 6) is 1.84. The maximum absolute atomic E-state index is 5.41. The van der Waals surface area contributed by atoms with Crippen LogP contribution in [-0.2, 0) is 0 Å². The predicted molar refractivity (Wildman–Crippen MR) is 84.3 cm³/mol. The van der Waals surface area contributed by atoms with E-state index in [1.54, 1.807) is 33.7 Å². The molecule has 0 N–H and O–H groups in total. The zero-order chi connectivity index (χ0) is 14.4. The standard InChI is InChI=1S/C15H16N2O3.ClH/c1-18-13-7-6-12(14(19-2)15(13)20-3)5-4-11-8-9-16-17-10-11;/h4-10H,1-3H3;1H/b5-4+;. The topological polar surface area (TPSA) is 53.5 Å². The number of methoxy groups -OCH3 is 3. The molecule has 1 aromatic carbocycles. The molecule has 0 saturated heterocycles. The molecule has 0 atom stereocenters. The number of hydrogen-bond donors (Lipinski definition) is 0. The number of rotatable bonds is 5. The second-order valence-corrected chi connectivity index (χ2v) is 3.93. The van der Waals surface area contributed by atoms with Crippen LogP contribution in [0.3, 0.4) is 0 Å². The summed E-state index contributed by atoms with van der Waals surface area (Å²) < 4.78 is 16.0. The molecule has 0 radical (unpaired) electrons. The molecule has 1 aromatic heterocycles. The fourth-order valence-electron chi connectivity index (χ4n) is 1.84. The second kappa shape index (κ2) is 8.11. The Hall–Kier alpha value is -2.27. The van der Waals surface area contributed by atoms with Crippen LogP contribution in [0.1, 0.15) is 11.1 Å². The van der Waals surface area contributed by atoms with Gasteiger partial charge >= 0.3 is 0 Å². The number of nitrogens with zero attached hydrogens (tertiary/aromatic N) is 2. The summed E-state index contributed by atoms with van der Waals surface area (Å²) in [7, 11) is 4.78. The first-order valence-corrected chi connectivity index (χ1v) is 6.04. The number of hydrogen-bond acceptors (Lipinski definition) is 5. The van der Waals surface area contributed by atoms with Crippen molar-refractivity contribution in [3.8, 4) is 17.2 Å². The molecule has 0 unspecified atom stereocenters. The maximum atomic E-state index is 5.41. The molecule has 112 valence electrons. The molecule has 6 heteroatoms. The van der Waals surface area contributed by atoms with E-state index in [1.807, 2.05) is 30.4 Å². The quantitative estimate of drug-likeness (QED) is 0.849. The van der Waals surface area contributed by atoms with Gasteiger partial charge in [0.25, 0.3) is 0 Å². The van der Waals surface area contributed by atoms with Crippen molar-refractivity contribution < 1.29 is 14.2 Å². The molecule has 2 aromatic rings. The third-order valence-electron chi connectivity index (χ3n) is 2.80. The van der Waals surface area contributed by atoms with E-state index >= 15 is 0 Å². The van der Waals surface area contributed by atoms with Gasteiger partial charge in [-0.25, -0.2) is 0 Å². The minimum atomic E-state index is 0. The van der Waals surface area contributed by atoms with Crippen molar-refractivity contribution >= 4 is 24.6 Å². The highest BCUT2D eigenvalue weighted by Crippen LogP contribution is 2.40. The predicted octanol–water partition coefficient (Wildman–Crippen LogP) is 3.09. The lowest BCUT2D eigenvalue weighted by Crippen LogP contribution is -1.96. The monoisotopic (exact) mass is 308 g/mol. The van der Waals surface area contributed by atoms with E-state index < -0.39 is 0 Å². The second-order valence-electron chi connectivity index (χ2n) is 3.93. The first-order chi connectivity index (χ1) is 9.80. The van der Waals surface area contributed by atoms with Gasteiger partial charge in [0.05, 0.1) is 33.7 Å². The summed E-state index contributed by atoms with van der Waals surface area (Å²) in [5.41, 5.74) is 1.85. The average Bonchev–Trinajstić information content (AvgIpc) is 2.52. The van der Waals surface area contributed by atoms with E-state index in [-0.39, 0.29) is 12.4 Å². The van der Waals surface area contributed by atoms with Gasteiger partial charge < -0.3 is 14.2 Å². The summed E-state index contributed by atoms with van der Waals surface area (Å²) in [4.78, 5) is 0. The van der Waals surface area contributed by atoms with Gasteiger partial charge in [-0.2, -0.15) is 10.2 Å². The molecule has 1 heterocycles. The van der Waals surface area contributed by atoms with Crippen LogP contribution in [-0.4, -0.2) is 31.5 Å². The van der Waals surface area contributed by atoms with Crippen molar-refractivity contribution in [2.45, 2.75) is 0 Å². The number of halogens is 1. The minimum Gasteiger partial charge on any atom is -0.493 e. The Morgan fingerprint density at radius 2 is 1.62 bits per heavy atom. The Labute approximate surface area is 130 Å². The SMILES string of the molecule is COc1ccc(/C=C/c2ccnnc2)c(OC)c1OC.Cl. The van der Waals surface area contributed by atoms with E-state index in [0.717, 1.165) is 11.1 Å². The van der Waals surface area contributed by atoms with Crippen LogP contribution < -0.4 is 14.2 Å². The van der Waals surface area contributed by atoms with Crippen molar-refractivity contribution in [2.75, 3.05) is 21.3 Å². The van der Waals surface area contributed by atoms with Crippen molar-refractivity contribution in [2.24, 2.45) is 0 Å². The van der Waals surface area contributed by atoms with Crippen LogP contribution in [0.15, 0.2) is 30.6 Å². The zero-order valence-corrected chi connectivity index (χ0v) is 12.9. The average molecular weight is 309 g/mol. The molecule has 0 aliphatic rings. The van der Waals surface area contributed by atoms with Crippen molar-refractivity contribution in [3.05, 3.63) is 41.7 Å². The largest absolute Gasteiger partial charge is 0.493 e. The normalized spacial score (nSPS) is 10.0. The molecule has 0 aliphatic heterocycles. The number of aromatic nitrogens is 2. The smallest absolute Gasteiger partial charge is 0.203 e. The molecule has 2 rings (SSSR count). The highest BCUT2D eigenvalue weighted by atomic mass is 35.5. The summed E-state index contributed by atoms with van der Waals surface area (Å²) >= 11 is 0. The molecule has 0 spiro atoms. The molecule has 0 fully saturated rings. The Morgan fingerprint density at radius 3 is 2.19 bits per heavy atom.